The second-order valence-corrected chi connectivity index (χ2v) is 7.87. The van der Waals surface area contributed by atoms with Crippen molar-refractivity contribution in [2.24, 2.45) is 12.2 Å². The Labute approximate surface area is 197 Å². The lowest BCUT2D eigenvalue weighted by molar-refractivity contribution is 0.597. The second kappa shape index (κ2) is 7.64. The molecule has 0 aliphatic rings. The number of nitrogens with one attached hydrogen (secondary N) is 1. The number of nitrogens with zero attached hydrogens (tertiary/aromatic N) is 5. The van der Waals surface area contributed by atoms with Crippen molar-refractivity contribution in [1.29, 1.82) is 0 Å². The summed E-state index contributed by atoms with van der Waals surface area (Å²) in [5.41, 5.74) is -1.56. The van der Waals surface area contributed by atoms with Gasteiger partial charge in [-0.1, -0.05) is 6.04 Å². The van der Waals surface area contributed by atoms with Crippen LogP contribution in [0.2, 0.25) is 0 Å². The molecule has 0 fully saturated rings. The first kappa shape index (κ1) is 10.7. The number of fused-ring (bicyclic) bond motifs is 1. The van der Waals surface area contributed by atoms with E-state index < -0.39 is 70.9 Å². The number of sulfonamides is 1. The molecular formula is C21H23N7O2S. The standard InChI is InChI=1S/C21H23N7O2S/c1-13-5-6-15(11-19(13)31(22,29)30)24-21-23-10-9-20(25-21)27(3)16-7-8-17-14(2)28(4)26-18(17)12-16/h5-12H,1-4H3,(H2,22,29,30)(H,23,24,25)/i1D3,2D3,3D3,5D,6D,11D. The third-order valence-electron chi connectivity index (χ3n) is 4.25. The maximum absolute atomic E-state index is 12.3. The Morgan fingerprint density at radius 3 is 2.87 bits per heavy atom. The average molecular weight is 450 g/mol. The zero-order valence-corrected chi connectivity index (χ0v) is 16.7. The van der Waals surface area contributed by atoms with E-state index >= 15 is 0 Å². The van der Waals surface area contributed by atoms with Crippen molar-refractivity contribution >= 4 is 44.1 Å². The molecule has 0 bridgehead atoms. The lowest BCUT2D eigenvalue weighted by Gasteiger charge is -2.19. The van der Waals surface area contributed by atoms with E-state index in [1.54, 1.807) is 0 Å². The predicted octanol–water partition coefficient (Wildman–Crippen LogP) is 3.14. The first-order valence-corrected chi connectivity index (χ1v) is 10.1. The normalized spacial score (nSPS) is 18.5. The molecule has 4 rings (SSSR count). The SMILES string of the molecule is [2H]c1c([2H])c(C([2H])([2H])[2H])c(S(N)(=O)=O)c([2H])c1Nc1nccc(N(c2ccc3c(C([2H])([2H])[2H])n(C)nc3c2)C([2H])([2H])[2H])n1. The summed E-state index contributed by atoms with van der Waals surface area (Å²) in [4.78, 5) is 7.70. The maximum Gasteiger partial charge on any atom is 0.238 e. The molecule has 31 heavy (non-hydrogen) atoms. The van der Waals surface area contributed by atoms with Crippen LogP contribution in [0.5, 0.6) is 0 Å². The Morgan fingerprint density at radius 1 is 1.26 bits per heavy atom. The van der Waals surface area contributed by atoms with Gasteiger partial charge in [-0.15, -0.1) is 0 Å². The van der Waals surface area contributed by atoms with Gasteiger partial charge in [0, 0.05) is 55.0 Å². The van der Waals surface area contributed by atoms with E-state index in [-0.39, 0.29) is 28.1 Å². The van der Waals surface area contributed by atoms with Gasteiger partial charge in [0.15, 0.2) is 0 Å². The Bertz CT molecular complexity index is 1850. The molecule has 10 heteroatoms. The van der Waals surface area contributed by atoms with E-state index in [4.69, 9.17) is 21.6 Å². The number of primary sulfonamides is 1. The predicted molar refractivity (Wildman–Crippen MR) is 121 cm³/mol. The zero-order valence-electron chi connectivity index (χ0n) is 27.9. The van der Waals surface area contributed by atoms with Crippen LogP contribution in [-0.2, 0) is 17.1 Å². The number of anilines is 4. The fourth-order valence-electron chi connectivity index (χ4n) is 2.77. The molecule has 2 aromatic carbocycles. The highest BCUT2D eigenvalue weighted by molar-refractivity contribution is 7.89. The van der Waals surface area contributed by atoms with Crippen LogP contribution in [-0.4, -0.2) is 35.1 Å². The first-order chi connectivity index (χ1) is 19.5. The molecule has 0 spiro atoms. The molecule has 2 heterocycles. The third kappa shape index (κ3) is 4.07. The van der Waals surface area contributed by atoms with Crippen molar-refractivity contribution in [3.63, 3.8) is 0 Å². The molecule has 0 unspecified atom stereocenters. The Kier molecular flexibility index (Phi) is 2.63. The molecular weight excluding hydrogens is 414 g/mol. The van der Waals surface area contributed by atoms with E-state index in [0.717, 1.165) is 11.1 Å². The van der Waals surface area contributed by atoms with Crippen molar-refractivity contribution in [1.82, 2.24) is 19.7 Å². The van der Waals surface area contributed by atoms with Crippen LogP contribution in [0.1, 0.15) is 27.7 Å². The average Bonchev–Trinajstić information content (AvgIpc) is 3.17. The lowest BCUT2D eigenvalue weighted by Crippen LogP contribution is -2.14. The van der Waals surface area contributed by atoms with Crippen LogP contribution < -0.4 is 15.4 Å². The third-order valence-corrected chi connectivity index (χ3v) is 5.12. The van der Waals surface area contributed by atoms with E-state index in [2.05, 4.69) is 20.4 Å². The summed E-state index contributed by atoms with van der Waals surface area (Å²) in [6, 6.07) is 2.44. The summed E-state index contributed by atoms with van der Waals surface area (Å²) in [5, 5.41) is 12.1. The maximum atomic E-state index is 12.3. The van der Waals surface area contributed by atoms with Crippen molar-refractivity contribution < 1.29 is 24.9 Å². The lowest BCUT2D eigenvalue weighted by atomic mass is 10.2. The molecule has 9 nitrogen and oxygen atoms in total. The fourth-order valence-corrected chi connectivity index (χ4v) is 3.35. The van der Waals surface area contributed by atoms with E-state index in [1.165, 1.54) is 36.0 Å². The van der Waals surface area contributed by atoms with Crippen LogP contribution in [0, 0.1) is 13.7 Å². The molecule has 160 valence electrons. The molecule has 0 saturated carbocycles. The first-order valence-electron chi connectivity index (χ1n) is 14.6. The van der Waals surface area contributed by atoms with Crippen LogP contribution in [0.25, 0.3) is 10.9 Å². The highest BCUT2D eigenvalue weighted by Crippen LogP contribution is 2.28. The van der Waals surface area contributed by atoms with E-state index in [1.807, 2.05) is 0 Å². The molecule has 4 aromatic rings. The van der Waals surface area contributed by atoms with E-state index in [9.17, 15) is 8.42 Å². The monoisotopic (exact) mass is 449 g/mol. The summed E-state index contributed by atoms with van der Waals surface area (Å²) in [7, 11) is -3.42. The van der Waals surface area contributed by atoms with Gasteiger partial charge in [-0.2, -0.15) is 10.1 Å². The van der Waals surface area contributed by atoms with Crippen LogP contribution in [0.15, 0.2) is 53.5 Å². The molecule has 0 radical (unpaired) electrons. The number of aromatic nitrogens is 4. The number of rotatable bonds is 5. The molecule has 2 aromatic heterocycles. The molecule has 0 saturated heterocycles. The summed E-state index contributed by atoms with van der Waals surface area (Å²) >= 11 is 0. The van der Waals surface area contributed by atoms with Gasteiger partial charge in [0.05, 0.1) is 14.5 Å². The van der Waals surface area contributed by atoms with Gasteiger partial charge >= 0.3 is 0 Å². The van der Waals surface area contributed by atoms with Gasteiger partial charge in [-0.3, -0.25) is 4.68 Å². The van der Waals surface area contributed by atoms with Gasteiger partial charge in [0.1, 0.15) is 5.82 Å². The van der Waals surface area contributed by atoms with Crippen LogP contribution in [0.4, 0.5) is 23.1 Å². The molecule has 0 atom stereocenters. The van der Waals surface area contributed by atoms with Gasteiger partial charge in [0.2, 0.25) is 16.0 Å². The quantitative estimate of drug-likeness (QED) is 0.480. The number of benzene rings is 2. The van der Waals surface area contributed by atoms with Crippen LogP contribution in [0.3, 0.4) is 0 Å². The minimum absolute atomic E-state index is 0.0432. The van der Waals surface area contributed by atoms with Gasteiger partial charge < -0.3 is 10.2 Å². The van der Waals surface area contributed by atoms with Crippen molar-refractivity contribution in [3.05, 3.63) is 59.8 Å². The molecule has 0 aliphatic carbocycles. The van der Waals surface area contributed by atoms with Gasteiger partial charge in [-0.25, -0.2) is 18.5 Å². The summed E-state index contributed by atoms with van der Waals surface area (Å²) in [6.07, 6.45) is 1.13. The Morgan fingerprint density at radius 2 is 2.13 bits per heavy atom. The topological polar surface area (TPSA) is 119 Å². The number of hydrogen-bond acceptors (Lipinski definition) is 7. The van der Waals surface area contributed by atoms with Crippen molar-refractivity contribution in [2.45, 2.75) is 18.6 Å². The van der Waals surface area contributed by atoms with Gasteiger partial charge in [0.25, 0.3) is 0 Å². The summed E-state index contributed by atoms with van der Waals surface area (Å²) < 4.78 is 121. The summed E-state index contributed by atoms with van der Waals surface area (Å²) in [6.45, 7) is -8.55. The molecule has 3 N–H and O–H groups in total. The largest absolute Gasteiger partial charge is 0.329 e. The summed E-state index contributed by atoms with van der Waals surface area (Å²) in [5.74, 6) is -0.669. The highest BCUT2D eigenvalue weighted by Gasteiger charge is 2.14. The molecule has 0 aliphatic heterocycles. The number of nitrogens with two attached hydrogens (primary N) is 1. The molecule has 0 amide bonds. The minimum atomic E-state index is -4.86. The van der Waals surface area contributed by atoms with Crippen molar-refractivity contribution in [2.75, 3.05) is 17.2 Å². The number of aryl methyl sites for hydroxylation is 2. The van der Waals surface area contributed by atoms with Gasteiger partial charge in [-0.05, 0) is 55.6 Å². The van der Waals surface area contributed by atoms with Crippen LogP contribution >= 0.6 is 0 Å². The Hall–Kier alpha value is -3.50. The van der Waals surface area contributed by atoms with E-state index in [0.29, 0.717) is 0 Å². The van der Waals surface area contributed by atoms with Crippen molar-refractivity contribution in [3.8, 4) is 0 Å². The zero-order chi connectivity index (χ0) is 32.4. The smallest absolute Gasteiger partial charge is 0.238 e. The second-order valence-electron chi connectivity index (χ2n) is 6.37. The Balaban J connectivity index is 1.85. The highest BCUT2D eigenvalue weighted by atomic mass is 32.2. The number of hydrogen-bond donors (Lipinski definition) is 2. The minimum Gasteiger partial charge on any atom is -0.329 e. The fraction of sp³-hybridized carbons (Fsp3) is 0.190.